The van der Waals surface area contributed by atoms with Gasteiger partial charge in [0.05, 0.1) is 26.5 Å². The minimum absolute atomic E-state index is 0.621. The lowest BCUT2D eigenvalue weighted by Gasteiger charge is -2.12. The van der Waals surface area contributed by atoms with Crippen molar-refractivity contribution in [1.82, 2.24) is 5.32 Å². The minimum atomic E-state index is 0.621. The van der Waals surface area contributed by atoms with Crippen LogP contribution in [0.4, 0.5) is 0 Å². The van der Waals surface area contributed by atoms with E-state index in [0.717, 1.165) is 35.8 Å². The zero-order valence-corrected chi connectivity index (χ0v) is 14.4. The molecule has 0 saturated carbocycles. The van der Waals surface area contributed by atoms with E-state index >= 15 is 0 Å². The molecule has 0 bridgehead atoms. The fourth-order valence-electron chi connectivity index (χ4n) is 2.61. The standard InChI is InChI=1S/C21H23NO3/c1-23-21-14-18(15-22-16-19-8-5-12-24-19)9-10-20(21)25-13-11-17-6-3-2-4-7-17/h2-10,12,14,22H,11,13,15-16H2,1H3. The smallest absolute Gasteiger partial charge is 0.161 e. The molecule has 0 amide bonds. The van der Waals surface area contributed by atoms with Crippen LogP contribution in [0, 0.1) is 0 Å². The Morgan fingerprint density at radius 3 is 2.52 bits per heavy atom. The molecule has 1 N–H and O–H groups in total. The van der Waals surface area contributed by atoms with Gasteiger partial charge in [-0.2, -0.15) is 0 Å². The fraction of sp³-hybridized carbons (Fsp3) is 0.238. The SMILES string of the molecule is COc1cc(CNCc2ccco2)ccc1OCCc1ccccc1. The van der Waals surface area contributed by atoms with E-state index in [-0.39, 0.29) is 0 Å². The normalized spacial score (nSPS) is 10.6. The summed E-state index contributed by atoms with van der Waals surface area (Å²) >= 11 is 0. The molecule has 4 heteroatoms. The van der Waals surface area contributed by atoms with Crippen LogP contribution in [0.25, 0.3) is 0 Å². The van der Waals surface area contributed by atoms with Crippen molar-refractivity contribution < 1.29 is 13.9 Å². The number of benzene rings is 2. The predicted molar refractivity (Wildman–Crippen MR) is 97.9 cm³/mol. The van der Waals surface area contributed by atoms with Gasteiger partial charge in [-0.15, -0.1) is 0 Å². The summed E-state index contributed by atoms with van der Waals surface area (Å²) in [4.78, 5) is 0. The highest BCUT2D eigenvalue weighted by Crippen LogP contribution is 2.28. The molecule has 0 aliphatic rings. The van der Waals surface area contributed by atoms with Gasteiger partial charge in [0.1, 0.15) is 5.76 Å². The van der Waals surface area contributed by atoms with Gasteiger partial charge in [0.2, 0.25) is 0 Å². The molecule has 0 atom stereocenters. The van der Waals surface area contributed by atoms with E-state index < -0.39 is 0 Å². The van der Waals surface area contributed by atoms with Crippen molar-refractivity contribution in [1.29, 1.82) is 0 Å². The van der Waals surface area contributed by atoms with Crippen molar-refractivity contribution >= 4 is 0 Å². The van der Waals surface area contributed by atoms with E-state index in [0.29, 0.717) is 13.2 Å². The summed E-state index contributed by atoms with van der Waals surface area (Å²) in [6, 6.07) is 20.2. The highest BCUT2D eigenvalue weighted by molar-refractivity contribution is 5.43. The summed E-state index contributed by atoms with van der Waals surface area (Å²) in [5, 5.41) is 3.35. The molecule has 2 aromatic carbocycles. The van der Waals surface area contributed by atoms with Gasteiger partial charge >= 0.3 is 0 Å². The van der Waals surface area contributed by atoms with Crippen molar-refractivity contribution in [2.24, 2.45) is 0 Å². The van der Waals surface area contributed by atoms with Gasteiger partial charge in [-0.1, -0.05) is 36.4 Å². The van der Waals surface area contributed by atoms with Crippen LogP contribution in [0.5, 0.6) is 11.5 Å². The highest BCUT2D eigenvalue weighted by atomic mass is 16.5. The molecule has 1 heterocycles. The molecule has 0 unspecified atom stereocenters. The van der Waals surface area contributed by atoms with Crippen LogP contribution >= 0.6 is 0 Å². The van der Waals surface area contributed by atoms with Crippen molar-refractivity contribution in [3.63, 3.8) is 0 Å². The highest BCUT2D eigenvalue weighted by Gasteiger charge is 2.06. The third kappa shape index (κ3) is 5.13. The number of ether oxygens (including phenoxy) is 2. The molecule has 0 aliphatic heterocycles. The largest absolute Gasteiger partial charge is 0.493 e. The zero-order chi connectivity index (χ0) is 17.3. The first-order valence-corrected chi connectivity index (χ1v) is 8.42. The number of methoxy groups -OCH3 is 1. The first-order valence-electron chi connectivity index (χ1n) is 8.42. The van der Waals surface area contributed by atoms with Crippen LogP contribution < -0.4 is 14.8 Å². The second-order valence-electron chi connectivity index (χ2n) is 5.75. The van der Waals surface area contributed by atoms with E-state index in [1.165, 1.54) is 5.56 Å². The second-order valence-corrected chi connectivity index (χ2v) is 5.75. The Morgan fingerprint density at radius 2 is 1.76 bits per heavy atom. The summed E-state index contributed by atoms with van der Waals surface area (Å²) in [5.41, 5.74) is 2.40. The van der Waals surface area contributed by atoms with Crippen LogP contribution in [-0.4, -0.2) is 13.7 Å². The third-order valence-electron chi connectivity index (χ3n) is 3.93. The quantitative estimate of drug-likeness (QED) is 0.635. The number of rotatable bonds is 9. The Morgan fingerprint density at radius 1 is 0.880 bits per heavy atom. The van der Waals surface area contributed by atoms with Gasteiger partial charge in [0.25, 0.3) is 0 Å². The number of furan rings is 1. The second kappa shape index (κ2) is 8.94. The van der Waals surface area contributed by atoms with E-state index in [4.69, 9.17) is 13.9 Å². The summed E-state index contributed by atoms with van der Waals surface area (Å²) < 4.78 is 16.7. The summed E-state index contributed by atoms with van der Waals surface area (Å²) in [5.74, 6) is 2.45. The van der Waals surface area contributed by atoms with Gasteiger partial charge in [-0.3, -0.25) is 0 Å². The van der Waals surface area contributed by atoms with Crippen LogP contribution in [-0.2, 0) is 19.5 Å². The minimum Gasteiger partial charge on any atom is -0.493 e. The Labute approximate surface area is 148 Å². The zero-order valence-electron chi connectivity index (χ0n) is 14.4. The molecule has 0 radical (unpaired) electrons. The monoisotopic (exact) mass is 337 g/mol. The van der Waals surface area contributed by atoms with Crippen LogP contribution in [0.3, 0.4) is 0 Å². The summed E-state index contributed by atoms with van der Waals surface area (Å²) in [7, 11) is 1.67. The molecule has 0 saturated heterocycles. The van der Waals surface area contributed by atoms with Gasteiger partial charge in [-0.05, 0) is 35.4 Å². The Hall–Kier alpha value is -2.72. The average Bonchev–Trinajstić information content (AvgIpc) is 3.17. The lowest BCUT2D eigenvalue weighted by Crippen LogP contribution is -2.12. The molecule has 3 aromatic rings. The Balaban J connectivity index is 1.52. The Kier molecular flexibility index (Phi) is 6.12. The molecule has 130 valence electrons. The van der Waals surface area contributed by atoms with E-state index in [1.54, 1.807) is 13.4 Å². The maximum atomic E-state index is 5.89. The first kappa shape index (κ1) is 17.1. The third-order valence-corrected chi connectivity index (χ3v) is 3.93. The molecule has 0 spiro atoms. The van der Waals surface area contributed by atoms with Crippen LogP contribution in [0.15, 0.2) is 71.3 Å². The molecule has 0 aliphatic carbocycles. The van der Waals surface area contributed by atoms with E-state index in [9.17, 15) is 0 Å². The Bertz CT molecular complexity index is 754. The van der Waals surface area contributed by atoms with Gasteiger partial charge in [-0.25, -0.2) is 0 Å². The lowest BCUT2D eigenvalue weighted by molar-refractivity contribution is 0.297. The van der Waals surface area contributed by atoms with Gasteiger partial charge < -0.3 is 19.2 Å². The fourth-order valence-corrected chi connectivity index (χ4v) is 2.61. The van der Waals surface area contributed by atoms with Gasteiger partial charge in [0.15, 0.2) is 11.5 Å². The molecule has 1 aromatic heterocycles. The van der Waals surface area contributed by atoms with Crippen molar-refractivity contribution in [2.45, 2.75) is 19.5 Å². The van der Waals surface area contributed by atoms with Crippen LogP contribution in [0.2, 0.25) is 0 Å². The number of hydrogen-bond acceptors (Lipinski definition) is 4. The van der Waals surface area contributed by atoms with Crippen molar-refractivity contribution in [3.05, 3.63) is 83.8 Å². The number of hydrogen-bond donors (Lipinski definition) is 1. The van der Waals surface area contributed by atoms with Crippen molar-refractivity contribution in [3.8, 4) is 11.5 Å². The predicted octanol–water partition coefficient (Wildman–Crippen LogP) is 4.20. The van der Waals surface area contributed by atoms with E-state index in [1.807, 2.05) is 42.5 Å². The molecular weight excluding hydrogens is 314 g/mol. The molecular formula is C21H23NO3. The molecule has 0 fully saturated rings. The first-order chi connectivity index (χ1) is 12.3. The van der Waals surface area contributed by atoms with E-state index in [2.05, 4.69) is 23.5 Å². The summed E-state index contributed by atoms with van der Waals surface area (Å²) in [6.45, 7) is 2.06. The molecule has 3 rings (SSSR count). The maximum Gasteiger partial charge on any atom is 0.161 e. The maximum absolute atomic E-state index is 5.89. The topological polar surface area (TPSA) is 43.6 Å². The molecule has 25 heavy (non-hydrogen) atoms. The average molecular weight is 337 g/mol. The molecule has 4 nitrogen and oxygen atoms in total. The van der Waals surface area contributed by atoms with Crippen molar-refractivity contribution in [2.75, 3.05) is 13.7 Å². The summed E-state index contributed by atoms with van der Waals surface area (Å²) in [6.07, 6.45) is 2.55. The lowest BCUT2D eigenvalue weighted by atomic mass is 10.1. The number of nitrogens with one attached hydrogen (secondary N) is 1. The van der Waals surface area contributed by atoms with Crippen LogP contribution in [0.1, 0.15) is 16.9 Å². The van der Waals surface area contributed by atoms with Gasteiger partial charge in [0, 0.05) is 13.0 Å².